The summed E-state index contributed by atoms with van der Waals surface area (Å²) >= 11 is 0. The Labute approximate surface area is 173 Å². The molecule has 0 saturated carbocycles. The standard InChI is InChI=1S/C20H29N3O3S.ClH/c24-20(22-19-11-17-8-9-18(12-19)21-17)16-7-4-10-23(13-16)27(25,26)14-15-5-2-1-3-6-15;/h1-3,5-6,16-19,21H,4,7-14H2,(H,22,24);1H. The Kier molecular flexibility index (Phi) is 7.02. The fourth-order valence-electron chi connectivity index (χ4n) is 4.78. The van der Waals surface area contributed by atoms with Crippen molar-refractivity contribution in [2.45, 2.75) is 62.4 Å². The summed E-state index contributed by atoms with van der Waals surface area (Å²) in [7, 11) is -3.40. The fraction of sp³-hybridized carbons (Fsp3) is 0.650. The van der Waals surface area contributed by atoms with Crippen molar-refractivity contribution >= 4 is 28.3 Å². The third-order valence-corrected chi connectivity index (χ3v) is 7.98. The summed E-state index contributed by atoms with van der Waals surface area (Å²) in [6.07, 6.45) is 5.89. The Morgan fingerprint density at radius 1 is 1.11 bits per heavy atom. The number of sulfonamides is 1. The SMILES string of the molecule is Cl.O=C(NC1CC2CCC(C1)N2)C1CCCN(S(=O)(=O)Cc2ccccc2)C1. The average Bonchev–Trinajstić information content (AvgIpc) is 3.00. The maximum Gasteiger partial charge on any atom is 0.224 e. The summed E-state index contributed by atoms with van der Waals surface area (Å²) < 4.78 is 27.1. The molecule has 3 heterocycles. The maximum absolute atomic E-state index is 12.8. The zero-order valence-corrected chi connectivity index (χ0v) is 17.7. The van der Waals surface area contributed by atoms with Crippen LogP contribution >= 0.6 is 12.4 Å². The van der Waals surface area contributed by atoms with Gasteiger partial charge < -0.3 is 10.6 Å². The molecule has 2 N–H and O–H groups in total. The molecule has 8 heteroatoms. The number of amides is 1. The third kappa shape index (κ3) is 5.06. The second kappa shape index (κ2) is 9.11. The molecular formula is C20H30ClN3O3S. The number of nitrogens with zero attached hydrogens (tertiary/aromatic N) is 1. The summed E-state index contributed by atoms with van der Waals surface area (Å²) in [5.74, 6) is -0.211. The molecule has 3 saturated heterocycles. The second-order valence-corrected chi connectivity index (χ2v) is 10.2. The summed E-state index contributed by atoms with van der Waals surface area (Å²) in [5.41, 5.74) is 0.786. The normalized spacial score (nSPS) is 30.4. The van der Waals surface area contributed by atoms with Crippen LogP contribution in [-0.2, 0) is 20.6 Å². The molecule has 3 fully saturated rings. The number of carbonyl (C=O) groups is 1. The zero-order chi connectivity index (χ0) is 18.9. The van der Waals surface area contributed by atoms with Crippen molar-refractivity contribution in [2.75, 3.05) is 13.1 Å². The Bertz CT molecular complexity index is 762. The van der Waals surface area contributed by atoms with Crippen molar-refractivity contribution in [3.8, 4) is 0 Å². The molecule has 28 heavy (non-hydrogen) atoms. The molecule has 3 atom stereocenters. The van der Waals surface area contributed by atoms with Crippen molar-refractivity contribution in [3.63, 3.8) is 0 Å². The smallest absolute Gasteiger partial charge is 0.224 e. The summed E-state index contributed by atoms with van der Waals surface area (Å²) in [4.78, 5) is 12.8. The molecule has 1 aromatic carbocycles. The van der Waals surface area contributed by atoms with E-state index in [-0.39, 0.29) is 36.0 Å². The quantitative estimate of drug-likeness (QED) is 0.753. The lowest BCUT2D eigenvalue weighted by Gasteiger charge is -2.34. The van der Waals surface area contributed by atoms with E-state index < -0.39 is 10.0 Å². The van der Waals surface area contributed by atoms with Gasteiger partial charge in [-0.15, -0.1) is 12.4 Å². The molecule has 0 radical (unpaired) electrons. The van der Waals surface area contributed by atoms with Gasteiger partial charge in [-0.1, -0.05) is 30.3 Å². The van der Waals surface area contributed by atoms with Gasteiger partial charge in [-0.3, -0.25) is 4.79 Å². The van der Waals surface area contributed by atoms with Gasteiger partial charge >= 0.3 is 0 Å². The Hall–Kier alpha value is -1.15. The number of hydrogen-bond acceptors (Lipinski definition) is 4. The number of carbonyl (C=O) groups excluding carboxylic acids is 1. The van der Waals surface area contributed by atoms with Crippen molar-refractivity contribution in [3.05, 3.63) is 35.9 Å². The van der Waals surface area contributed by atoms with E-state index in [4.69, 9.17) is 0 Å². The number of benzene rings is 1. The number of halogens is 1. The molecule has 3 aliphatic rings. The van der Waals surface area contributed by atoms with Gasteiger partial charge in [0.1, 0.15) is 0 Å². The molecule has 156 valence electrons. The first-order valence-corrected chi connectivity index (χ1v) is 11.7. The molecule has 1 aromatic rings. The summed E-state index contributed by atoms with van der Waals surface area (Å²) in [6, 6.07) is 10.5. The Morgan fingerprint density at radius 2 is 1.79 bits per heavy atom. The number of fused-ring (bicyclic) bond motifs is 2. The number of nitrogens with one attached hydrogen (secondary N) is 2. The van der Waals surface area contributed by atoms with Gasteiger partial charge in [-0.2, -0.15) is 0 Å². The van der Waals surface area contributed by atoms with Crippen LogP contribution in [0.25, 0.3) is 0 Å². The van der Waals surface area contributed by atoms with Crippen LogP contribution in [-0.4, -0.2) is 49.8 Å². The molecule has 0 aromatic heterocycles. The van der Waals surface area contributed by atoms with Crippen LogP contribution in [0.4, 0.5) is 0 Å². The molecule has 6 nitrogen and oxygen atoms in total. The third-order valence-electron chi connectivity index (χ3n) is 6.16. The zero-order valence-electron chi connectivity index (χ0n) is 16.0. The monoisotopic (exact) mass is 427 g/mol. The van der Waals surface area contributed by atoms with Gasteiger partial charge in [-0.05, 0) is 44.1 Å². The van der Waals surface area contributed by atoms with E-state index in [2.05, 4.69) is 10.6 Å². The first-order valence-electron chi connectivity index (χ1n) is 10.1. The molecule has 0 spiro atoms. The predicted molar refractivity (Wildman–Crippen MR) is 112 cm³/mol. The van der Waals surface area contributed by atoms with Crippen LogP contribution in [0.2, 0.25) is 0 Å². The minimum Gasteiger partial charge on any atom is -0.353 e. The van der Waals surface area contributed by atoms with Gasteiger partial charge in [-0.25, -0.2) is 12.7 Å². The molecular weight excluding hydrogens is 398 g/mol. The van der Waals surface area contributed by atoms with Gasteiger partial charge in [0.25, 0.3) is 0 Å². The van der Waals surface area contributed by atoms with Crippen LogP contribution < -0.4 is 10.6 Å². The van der Waals surface area contributed by atoms with E-state index in [1.165, 1.54) is 17.1 Å². The van der Waals surface area contributed by atoms with Crippen LogP contribution in [0.1, 0.15) is 44.1 Å². The maximum atomic E-state index is 12.8. The highest BCUT2D eigenvalue weighted by Gasteiger charge is 2.37. The lowest BCUT2D eigenvalue weighted by molar-refractivity contribution is -0.127. The van der Waals surface area contributed by atoms with Gasteiger partial charge in [0.05, 0.1) is 11.7 Å². The van der Waals surface area contributed by atoms with Crippen molar-refractivity contribution < 1.29 is 13.2 Å². The highest BCUT2D eigenvalue weighted by molar-refractivity contribution is 7.88. The molecule has 3 unspecified atom stereocenters. The molecule has 1 amide bonds. The van der Waals surface area contributed by atoms with E-state index in [9.17, 15) is 13.2 Å². The van der Waals surface area contributed by atoms with E-state index >= 15 is 0 Å². The van der Waals surface area contributed by atoms with Crippen LogP contribution in [0.5, 0.6) is 0 Å². The van der Waals surface area contributed by atoms with E-state index in [1.54, 1.807) is 0 Å². The van der Waals surface area contributed by atoms with E-state index in [0.29, 0.717) is 25.2 Å². The van der Waals surface area contributed by atoms with Crippen LogP contribution in [0, 0.1) is 5.92 Å². The summed E-state index contributed by atoms with van der Waals surface area (Å²) in [5, 5.41) is 6.80. The first-order chi connectivity index (χ1) is 13.0. The second-order valence-electron chi connectivity index (χ2n) is 8.25. The lowest BCUT2D eigenvalue weighted by Crippen LogP contribution is -2.51. The van der Waals surface area contributed by atoms with Gasteiger partial charge in [0, 0.05) is 31.2 Å². The number of piperidine rings is 2. The number of hydrogen-bond donors (Lipinski definition) is 2. The summed E-state index contributed by atoms with van der Waals surface area (Å²) in [6.45, 7) is 0.815. The molecule has 0 aliphatic carbocycles. The first kappa shape index (κ1) is 21.6. The van der Waals surface area contributed by atoms with E-state index in [0.717, 1.165) is 31.2 Å². The minimum absolute atomic E-state index is 0. The van der Waals surface area contributed by atoms with E-state index in [1.807, 2.05) is 30.3 Å². The van der Waals surface area contributed by atoms with Crippen LogP contribution in [0.3, 0.4) is 0 Å². The minimum atomic E-state index is -3.40. The predicted octanol–water partition coefficient (Wildman–Crippen LogP) is 2.05. The highest BCUT2D eigenvalue weighted by atomic mass is 35.5. The average molecular weight is 428 g/mol. The van der Waals surface area contributed by atoms with Gasteiger partial charge in [0.2, 0.25) is 15.9 Å². The van der Waals surface area contributed by atoms with Crippen LogP contribution in [0.15, 0.2) is 30.3 Å². The number of rotatable bonds is 5. The highest BCUT2D eigenvalue weighted by Crippen LogP contribution is 2.28. The Balaban J connectivity index is 0.00000225. The Morgan fingerprint density at radius 3 is 2.46 bits per heavy atom. The topological polar surface area (TPSA) is 78.5 Å². The van der Waals surface area contributed by atoms with Crippen molar-refractivity contribution in [1.82, 2.24) is 14.9 Å². The molecule has 2 bridgehead atoms. The largest absolute Gasteiger partial charge is 0.353 e. The van der Waals surface area contributed by atoms with Crippen molar-refractivity contribution in [1.29, 1.82) is 0 Å². The van der Waals surface area contributed by atoms with Crippen molar-refractivity contribution in [2.24, 2.45) is 5.92 Å². The van der Waals surface area contributed by atoms with Gasteiger partial charge in [0.15, 0.2) is 0 Å². The molecule has 4 rings (SSSR count). The lowest BCUT2D eigenvalue weighted by atomic mass is 9.95. The fourth-order valence-corrected chi connectivity index (χ4v) is 6.39. The molecule has 3 aliphatic heterocycles.